The van der Waals surface area contributed by atoms with Crippen LogP contribution in [0.5, 0.6) is 17.2 Å². The third kappa shape index (κ3) is 4.75. The van der Waals surface area contributed by atoms with Crippen LogP contribution in [-0.4, -0.2) is 49.5 Å². The molecule has 0 saturated carbocycles. The standard InChI is InChI=1S/C27H31NO5/c1-18(2)20-8-5-19(6-9-20)7-10-25(30)28-13-11-27(12-14-28)17-22(29)26-23(32-4)15-21(31-3)16-24(26)33-27/h5-10,15-16,18H,11-14,17H2,1-4H3/b10-7+. The number of nitrogens with zero attached hydrogens (tertiary/aromatic N) is 1. The van der Waals surface area contributed by atoms with E-state index in [0.717, 1.165) is 5.56 Å². The van der Waals surface area contributed by atoms with Crippen molar-refractivity contribution in [2.75, 3.05) is 27.3 Å². The number of ether oxygens (including phenoxy) is 3. The molecule has 1 fully saturated rings. The minimum atomic E-state index is -0.603. The number of hydrogen-bond donors (Lipinski definition) is 0. The second kappa shape index (κ2) is 9.30. The van der Waals surface area contributed by atoms with Crippen molar-refractivity contribution in [3.63, 3.8) is 0 Å². The van der Waals surface area contributed by atoms with Crippen LogP contribution in [0.4, 0.5) is 0 Å². The number of likely N-dealkylation sites (tertiary alicyclic amines) is 1. The van der Waals surface area contributed by atoms with Crippen LogP contribution in [0.25, 0.3) is 6.08 Å². The Hall–Kier alpha value is -3.28. The Balaban J connectivity index is 1.42. The zero-order valence-electron chi connectivity index (χ0n) is 19.7. The maximum Gasteiger partial charge on any atom is 0.246 e. The Morgan fingerprint density at radius 1 is 1.09 bits per heavy atom. The van der Waals surface area contributed by atoms with Crippen molar-refractivity contribution in [2.24, 2.45) is 0 Å². The lowest BCUT2D eigenvalue weighted by atomic mass is 9.82. The molecule has 2 aromatic carbocycles. The first-order chi connectivity index (χ1) is 15.8. The lowest BCUT2D eigenvalue weighted by Crippen LogP contribution is -2.52. The smallest absolute Gasteiger partial charge is 0.246 e. The van der Waals surface area contributed by atoms with Gasteiger partial charge in [-0.25, -0.2) is 0 Å². The summed E-state index contributed by atoms with van der Waals surface area (Å²) in [6.45, 7) is 5.40. The fourth-order valence-corrected chi connectivity index (χ4v) is 4.53. The molecule has 2 aromatic rings. The number of piperidine rings is 1. The van der Waals surface area contributed by atoms with Gasteiger partial charge in [0, 0.05) is 44.1 Å². The minimum Gasteiger partial charge on any atom is -0.496 e. The average Bonchev–Trinajstić information content (AvgIpc) is 2.82. The van der Waals surface area contributed by atoms with Crippen molar-refractivity contribution >= 4 is 17.8 Å². The lowest BCUT2D eigenvalue weighted by Gasteiger charge is -2.44. The number of Topliss-reactive ketones (excluding diaryl/α,β-unsaturated/α-hetero) is 1. The summed E-state index contributed by atoms with van der Waals surface area (Å²) in [5.74, 6) is 1.99. The molecule has 0 bridgehead atoms. The van der Waals surface area contributed by atoms with Crippen molar-refractivity contribution in [3.8, 4) is 17.2 Å². The molecular weight excluding hydrogens is 418 g/mol. The molecule has 1 amide bonds. The zero-order valence-corrected chi connectivity index (χ0v) is 19.7. The third-order valence-corrected chi connectivity index (χ3v) is 6.59. The topological polar surface area (TPSA) is 65.1 Å². The fraction of sp³-hybridized carbons (Fsp3) is 0.407. The number of hydrogen-bond acceptors (Lipinski definition) is 5. The first kappa shape index (κ1) is 22.9. The normalized spacial score (nSPS) is 17.2. The van der Waals surface area contributed by atoms with Crippen molar-refractivity contribution in [1.29, 1.82) is 0 Å². The lowest BCUT2D eigenvalue weighted by molar-refractivity contribution is -0.129. The van der Waals surface area contributed by atoms with Gasteiger partial charge >= 0.3 is 0 Å². The highest BCUT2D eigenvalue weighted by Crippen LogP contribution is 2.44. The second-order valence-corrected chi connectivity index (χ2v) is 9.07. The molecule has 2 aliphatic rings. The fourth-order valence-electron chi connectivity index (χ4n) is 4.53. The van der Waals surface area contributed by atoms with Crippen LogP contribution in [0.2, 0.25) is 0 Å². The molecule has 2 aliphatic heterocycles. The SMILES string of the molecule is COc1cc(OC)c2c(c1)OC1(CCN(C(=O)/C=C/c3ccc(C(C)C)cc3)CC1)CC2=O. The van der Waals surface area contributed by atoms with Gasteiger partial charge in [-0.2, -0.15) is 0 Å². The molecule has 174 valence electrons. The first-order valence-corrected chi connectivity index (χ1v) is 11.4. The molecule has 1 saturated heterocycles. The molecule has 0 radical (unpaired) electrons. The molecule has 33 heavy (non-hydrogen) atoms. The Kier molecular flexibility index (Phi) is 6.45. The van der Waals surface area contributed by atoms with E-state index in [1.54, 1.807) is 25.3 Å². The summed E-state index contributed by atoms with van der Waals surface area (Å²) in [4.78, 5) is 27.6. The summed E-state index contributed by atoms with van der Waals surface area (Å²) >= 11 is 0. The highest BCUT2D eigenvalue weighted by molar-refractivity contribution is 6.03. The quantitative estimate of drug-likeness (QED) is 0.610. The molecule has 4 rings (SSSR count). The van der Waals surface area contributed by atoms with Gasteiger partial charge in [0.25, 0.3) is 0 Å². The molecule has 0 aromatic heterocycles. The Bertz CT molecular complexity index is 1060. The number of methoxy groups -OCH3 is 2. The Morgan fingerprint density at radius 2 is 1.79 bits per heavy atom. The second-order valence-electron chi connectivity index (χ2n) is 9.07. The number of amides is 1. The monoisotopic (exact) mass is 449 g/mol. The zero-order chi connectivity index (χ0) is 23.6. The van der Waals surface area contributed by atoms with E-state index in [-0.39, 0.29) is 18.1 Å². The van der Waals surface area contributed by atoms with E-state index in [4.69, 9.17) is 14.2 Å². The highest BCUT2D eigenvalue weighted by Gasteiger charge is 2.44. The van der Waals surface area contributed by atoms with E-state index in [9.17, 15) is 9.59 Å². The molecule has 0 aliphatic carbocycles. The van der Waals surface area contributed by atoms with Crippen LogP contribution >= 0.6 is 0 Å². The molecule has 0 N–H and O–H groups in total. The van der Waals surface area contributed by atoms with Crippen molar-refractivity contribution in [1.82, 2.24) is 4.90 Å². The number of fused-ring (bicyclic) bond motifs is 1. The van der Waals surface area contributed by atoms with Gasteiger partial charge in [0.05, 0.1) is 20.6 Å². The van der Waals surface area contributed by atoms with E-state index < -0.39 is 5.60 Å². The van der Waals surface area contributed by atoms with Gasteiger partial charge in [0.1, 0.15) is 28.4 Å². The summed E-state index contributed by atoms with van der Waals surface area (Å²) < 4.78 is 17.1. The maximum atomic E-state index is 13.0. The molecule has 6 heteroatoms. The van der Waals surface area contributed by atoms with Gasteiger partial charge in [-0.15, -0.1) is 0 Å². The third-order valence-electron chi connectivity index (χ3n) is 6.59. The average molecular weight is 450 g/mol. The molecule has 1 spiro atoms. The van der Waals surface area contributed by atoms with Crippen LogP contribution < -0.4 is 14.2 Å². The van der Waals surface area contributed by atoms with E-state index in [0.29, 0.717) is 54.7 Å². The predicted octanol–water partition coefficient (Wildman–Crippen LogP) is 4.87. The van der Waals surface area contributed by atoms with Crippen LogP contribution in [0, 0.1) is 0 Å². The van der Waals surface area contributed by atoms with Crippen LogP contribution in [0.15, 0.2) is 42.5 Å². The van der Waals surface area contributed by atoms with Gasteiger partial charge in [-0.05, 0) is 23.1 Å². The van der Waals surface area contributed by atoms with Gasteiger partial charge in [0.2, 0.25) is 5.91 Å². The van der Waals surface area contributed by atoms with Crippen molar-refractivity contribution < 1.29 is 23.8 Å². The number of ketones is 1. The number of benzene rings is 2. The molecule has 0 atom stereocenters. The summed E-state index contributed by atoms with van der Waals surface area (Å²) in [6, 6.07) is 11.7. The summed E-state index contributed by atoms with van der Waals surface area (Å²) in [5, 5.41) is 0. The number of rotatable bonds is 5. The van der Waals surface area contributed by atoms with E-state index in [2.05, 4.69) is 26.0 Å². The number of carbonyl (C=O) groups excluding carboxylic acids is 2. The summed E-state index contributed by atoms with van der Waals surface area (Å²) in [6.07, 6.45) is 4.95. The van der Waals surface area contributed by atoms with Crippen molar-refractivity contribution in [2.45, 2.75) is 44.6 Å². The molecule has 6 nitrogen and oxygen atoms in total. The predicted molar refractivity (Wildman–Crippen MR) is 127 cm³/mol. The first-order valence-electron chi connectivity index (χ1n) is 11.4. The van der Waals surface area contributed by atoms with Crippen molar-refractivity contribution in [3.05, 3.63) is 59.2 Å². The van der Waals surface area contributed by atoms with Crippen LogP contribution in [0.3, 0.4) is 0 Å². The Labute approximate surface area is 195 Å². The largest absolute Gasteiger partial charge is 0.496 e. The van der Waals surface area contributed by atoms with Gasteiger partial charge in [-0.3, -0.25) is 9.59 Å². The van der Waals surface area contributed by atoms with Gasteiger partial charge in [-0.1, -0.05) is 38.1 Å². The van der Waals surface area contributed by atoms with E-state index >= 15 is 0 Å². The molecule has 2 heterocycles. The van der Waals surface area contributed by atoms with E-state index in [1.807, 2.05) is 23.1 Å². The van der Waals surface area contributed by atoms with Crippen LogP contribution in [0.1, 0.15) is 60.5 Å². The Morgan fingerprint density at radius 3 is 2.39 bits per heavy atom. The van der Waals surface area contributed by atoms with Gasteiger partial charge in [0.15, 0.2) is 5.78 Å². The molecular formula is C27H31NO5. The summed E-state index contributed by atoms with van der Waals surface area (Å²) in [5.41, 5.74) is 2.14. The summed E-state index contributed by atoms with van der Waals surface area (Å²) in [7, 11) is 3.10. The maximum absolute atomic E-state index is 13.0. The minimum absolute atomic E-state index is 0.000250. The number of carbonyl (C=O) groups is 2. The van der Waals surface area contributed by atoms with E-state index in [1.165, 1.54) is 12.7 Å². The van der Waals surface area contributed by atoms with Gasteiger partial charge < -0.3 is 19.1 Å². The molecule has 0 unspecified atom stereocenters. The highest BCUT2D eigenvalue weighted by atomic mass is 16.5. The van der Waals surface area contributed by atoms with Crippen LogP contribution in [-0.2, 0) is 4.79 Å².